The summed E-state index contributed by atoms with van der Waals surface area (Å²) >= 11 is 0. The Bertz CT molecular complexity index is 639. The third-order valence-electron chi connectivity index (χ3n) is 5.38. The molecule has 0 bridgehead atoms. The molecule has 2 fully saturated rings. The van der Waals surface area contributed by atoms with E-state index in [1.807, 2.05) is 12.1 Å². The first-order chi connectivity index (χ1) is 14.1. The number of likely N-dealkylation sites (N-methyl/N-ethyl adjacent to an activating group) is 1. The minimum Gasteiger partial charge on any atom is -0.469 e. The largest absolute Gasteiger partial charge is 0.469 e. The SMILES string of the molecule is CN(C)C(=O)CN=C(NCCc1ccco1)N1CCC(OCC2CCCO2)CC1.I. The summed E-state index contributed by atoms with van der Waals surface area (Å²) < 4.78 is 17.1. The van der Waals surface area contributed by atoms with Crippen molar-refractivity contribution in [3.63, 3.8) is 0 Å². The molecule has 1 unspecified atom stereocenters. The van der Waals surface area contributed by atoms with Crippen LogP contribution in [0.4, 0.5) is 0 Å². The van der Waals surface area contributed by atoms with Gasteiger partial charge in [0.15, 0.2) is 5.96 Å². The second kappa shape index (κ2) is 13.2. The Morgan fingerprint density at radius 3 is 2.77 bits per heavy atom. The zero-order valence-electron chi connectivity index (χ0n) is 18.0. The van der Waals surface area contributed by atoms with Gasteiger partial charge in [-0.05, 0) is 37.8 Å². The van der Waals surface area contributed by atoms with Gasteiger partial charge < -0.3 is 29.0 Å². The molecule has 0 radical (unpaired) electrons. The Kier molecular flexibility index (Phi) is 10.9. The zero-order valence-corrected chi connectivity index (χ0v) is 20.4. The van der Waals surface area contributed by atoms with Crippen molar-refractivity contribution in [1.29, 1.82) is 0 Å². The van der Waals surface area contributed by atoms with Crippen molar-refractivity contribution < 1.29 is 18.7 Å². The maximum Gasteiger partial charge on any atom is 0.243 e. The zero-order chi connectivity index (χ0) is 20.5. The predicted molar refractivity (Wildman–Crippen MR) is 126 cm³/mol. The second-order valence-electron chi connectivity index (χ2n) is 7.84. The average Bonchev–Trinajstić information content (AvgIpc) is 3.43. The molecular weight excluding hydrogens is 499 g/mol. The number of hydrogen-bond donors (Lipinski definition) is 1. The highest BCUT2D eigenvalue weighted by Crippen LogP contribution is 2.18. The highest BCUT2D eigenvalue weighted by Gasteiger charge is 2.24. The van der Waals surface area contributed by atoms with Gasteiger partial charge >= 0.3 is 0 Å². The lowest BCUT2D eigenvalue weighted by Gasteiger charge is -2.34. The van der Waals surface area contributed by atoms with E-state index >= 15 is 0 Å². The summed E-state index contributed by atoms with van der Waals surface area (Å²) in [6.07, 6.45) is 7.14. The average molecular weight is 534 g/mol. The lowest BCUT2D eigenvalue weighted by atomic mass is 10.1. The van der Waals surface area contributed by atoms with Gasteiger partial charge in [0, 0.05) is 46.8 Å². The standard InChI is InChI=1S/C21H34N4O4.HI/c1-24(2)20(26)15-23-21(22-10-7-17-5-3-13-27-17)25-11-8-18(9-12-25)29-16-19-6-4-14-28-19;/h3,5,13,18-19H,4,6-12,14-16H2,1-2H3,(H,22,23);1H. The summed E-state index contributed by atoms with van der Waals surface area (Å²) in [6, 6.07) is 3.85. The van der Waals surface area contributed by atoms with Crippen LogP contribution in [0.3, 0.4) is 0 Å². The maximum atomic E-state index is 12.0. The van der Waals surface area contributed by atoms with Crippen LogP contribution in [0, 0.1) is 0 Å². The van der Waals surface area contributed by atoms with Crippen molar-refractivity contribution in [1.82, 2.24) is 15.1 Å². The molecule has 1 N–H and O–H groups in total. The number of piperidine rings is 1. The first-order valence-corrected chi connectivity index (χ1v) is 10.6. The number of aliphatic imine (C=N–C) groups is 1. The molecule has 30 heavy (non-hydrogen) atoms. The summed E-state index contributed by atoms with van der Waals surface area (Å²) in [5.74, 6) is 1.71. The molecule has 170 valence electrons. The molecule has 0 aromatic carbocycles. The highest BCUT2D eigenvalue weighted by atomic mass is 127. The number of halogens is 1. The van der Waals surface area contributed by atoms with E-state index in [-0.39, 0.29) is 48.6 Å². The smallest absolute Gasteiger partial charge is 0.243 e. The summed E-state index contributed by atoms with van der Waals surface area (Å²) in [5.41, 5.74) is 0. The number of nitrogens with zero attached hydrogens (tertiary/aromatic N) is 3. The Balaban J connectivity index is 0.00000320. The van der Waals surface area contributed by atoms with Gasteiger partial charge in [0.25, 0.3) is 0 Å². The topological polar surface area (TPSA) is 79.5 Å². The number of rotatable bonds is 8. The van der Waals surface area contributed by atoms with Crippen LogP contribution in [0.25, 0.3) is 0 Å². The van der Waals surface area contributed by atoms with Gasteiger partial charge in [-0.3, -0.25) is 4.79 Å². The highest BCUT2D eigenvalue weighted by molar-refractivity contribution is 14.0. The van der Waals surface area contributed by atoms with E-state index < -0.39 is 0 Å². The first kappa shape index (κ1) is 24.9. The molecule has 1 atom stereocenters. The molecule has 0 aliphatic carbocycles. The number of carbonyl (C=O) groups is 1. The number of amides is 1. The van der Waals surface area contributed by atoms with Crippen LogP contribution in [-0.2, 0) is 20.7 Å². The van der Waals surface area contributed by atoms with Gasteiger partial charge in [-0.2, -0.15) is 0 Å². The summed E-state index contributed by atoms with van der Waals surface area (Å²) in [6.45, 7) is 4.13. The minimum atomic E-state index is -0.00915. The van der Waals surface area contributed by atoms with Crippen molar-refractivity contribution in [2.24, 2.45) is 4.99 Å². The van der Waals surface area contributed by atoms with Gasteiger partial charge in [-0.25, -0.2) is 4.99 Å². The Hall–Kier alpha value is -1.33. The van der Waals surface area contributed by atoms with E-state index in [4.69, 9.17) is 13.9 Å². The monoisotopic (exact) mass is 534 g/mol. The van der Waals surface area contributed by atoms with Gasteiger partial charge in [-0.15, -0.1) is 24.0 Å². The Morgan fingerprint density at radius 1 is 1.33 bits per heavy atom. The number of nitrogens with one attached hydrogen (secondary N) is 1. The number of carbonyl (C=O) groups excluding carboxylic acids is 1. The van der Waals surface area contributed by atoms with E-state index in [0.29, 0.717) is 13.2 Å². The van der Waals surface area contributed by atoms with Crippen LogP contribution in [0.2, 0.25) is 0 Å². The predicted octanol–water partition coefficient (Wildman–Crippen LogP) is 2.13. The molecular formula is C21H35IN4O4. The molecule has 1 aromatic rings. The normalized spacial score (nSPS) is 20.1. The van der Waals surface area contributed by atoms with Crippen LogP contribution < -0.4 is 5.32 Å². The molecule has 2 saturated heterocycles. The third-order valence-corrected chi connectivity index (χ3v) is 5.38. The Labute approximate surface area is 196 Å². The summed E-state index contributed by atoms with van der Waals surface area (Å²) in [4.78, 5) is 20.3. The van der Waals surface area contributed by atoms with Crippen LogP contribution >= 0.6 is 24.0 Å². The molecule has 2 aliphatic heterocycles. The van der Waals surface area contributed by atoms with Crippen LogP contribution in [0.5, 0.6) is 0 Å². The molecule has 1 aromatic heterocycles. The molecule has 3 heterocycles. The van der Waals surface area contributed by atoms with Crippen molar-refractivity contribution in [3.8, 4) is 0 Å². The van der Waals surface area contributed by atoms with Gasteiger partial charge in [0.2, 0.25) is 5.91 Å². The number of furan rings is 1. The van der Waals surface area contributed by atoms with E-state index in [0.717, 1.165) is 63.5 Å². The van der Waals surface area contributed by atoms with Gasteiger partial charge in [0.05, 0.1) is 25.1 Å². The molecule has 0 spiro atoms. The first-order valence-electron chi connectivity index (χ1n) is 10.6. The molecule has 3 rings (SSSR count). The number of ether oxygens (including phenoxy) is 2. The molecule has 2 aliphatic rings. The summed E-state index contributed by atoms with van der Waals surface area (Å²) in [5, 5.41) is 3.40. The van der Waals surface area contributed by atoms with Crippen LogP contribution in [0.1, 0.15) is 31.4 Å². The van der Waals surface area contributed by atoms with Crippen molar-refractivity contribution in [2.45, 2.75) is 44.3 Å². The lowest BCUT2D eigenvalue weighted by molar-refractivity contribution is -0.127. The fourth-order valence-electron chi connectivity index (χ4n) is 3.56. The molecule has 9 heteroatoms. The Morgan fingerprint density at radius 2 is 2.13 bits per heavy atom. The van der Waals surface area contributed by atoms with E-state index in [1.165, 1.54) is 0 Å². The van der Waals surface area contributed by atoms with Gasteiger partial charge in [0.1, 0.15) is 12.3 Å². The number of likely N-dealkylation sites (tertiary alicyclic amines) is 1. The van der Waals surface area contributed by atoms with Crippen LogP contribution in [-0.4, -0.2) is 87.4 Å². The quantitative estimate of drug-likeness (QED) is 0.313. The fourth-order valence-corrected chi connectivity index (χ4v) is 3.56. The molecule has 0 saturated carbocycles. The van der Waals surface area contributed by atoms with Crippen molar-refractivity contribution in [3.05, 3.63) is 24.2 Å². The molecule has 8 nitrogen and oxygen atoms in total. The number of guanidine groups is 1. The van der Waals surface area contributed by atoms with Gasteiger partial charge in [-0.1, -0.05) is 0 Å². The summed E-state index contributed by atoms with van der Waals surface area (Å²) in [7, 11) is 3.50. The van der Waals surface area contributed by atoms with Crippen LogP contribution in [0.15, 0.2) is 27.8 Å². The number of hydrogen-bond acceptors (Lipinski definition) is 5. The fraction of sp³-hybridized carbons (Fsp3) is 0.714. The van der Waals surface area contributed by atoms with E-state index in [9.17, 15) is 4.79 Å². The second-order valence-corrected chi connectivity index (χ2v) is 7.84. The van der Waals surface area contributed by atoms with Crippen molar-refractivity contribution >= 4 is 35.8 Å². The van der Waals surface area contributed by atoms with Crippen molar-refractivity contribution in [2.75, 3.05) is 53.5 Å². The third kappa shape index (κ3) is 8.07. The molecule has 1 amide bonds. The maximum absolute atomic E-state index is 12.0. The minimum absolute atomic E-state index is 0. The van der Waals surface area contributed by atoms with E-state index in [1.54, 1.807) is 25.3 Å². The lowest BCUT2D eigenvalue weighted by Crippen LogP contribution is -2.48. The van der Waals surface area contributed by atoms with E-state index in [2.05, 4.69) is 15.2 Å².